The zero-order chi connectivity index (χ0) is 17.1. The van der Waals surface area contributed by atoms with E-state index in [0.717, 1.165) is 0 Å². The summed E-state index contributed by atoms with van der Waals surface area (Å²) in [5.74, 6) is -1.22. The largest absolute Gasteiger partial charge is 0.368 e. The lowest BCUT2D eigenvalue weighted by atomic mass is 10.1. The number of nitrogens with zero attached hydrogens (tertiary/aromatic N) is 5. The summed E-state index contributed by atoms with van der Waals surface area (Å²) in [7, 11) is 0. The minimum atomic E-state index is -0.685. The van der Waals surface area contributed by atoms with Crippen molar-refractivity contribution in [3.63, 3.8) is 0 Å². The maximum Gasteiger partial charge on any atom is 0.328 e. The van der Waals surface area contributed by atoms with Crippen LogP contribution in [0.4, 0.5) is 5.69 Å². The topological polar surface area (TPSA) is 83.4 Å². The number of aryl methyl sites for hydroxylation is 1. The molecule has 2 aromatic rings. The third kappa shape index (κ3) is 3.22. The average Bonchev–Trinajstić information content (AvgIpc) is 3.10. The van der Waals surface area contributed by atoms with Crippen molar-refractivity contribution in [1.82, 2.24) is 19.8 Å². The molecule has 1 aromatic carbocycles. The van der Waals surface area contributed by atoms with Gasteiger partial charge in [-0.2, -0.15) is 0 Å². The minimum absolute atomic E-state index is 0.516. The molecule has 2 heterocycles. The van der Waals surface area contributed by atoms with E-state index in [1.165, 1.54) is 34.1 Å². The molecule has 0 spiro atoms. The lowest BCUT2D eigenvalue weighted by Crippen LogP contribution is -2.52. The van der Waals surface area contributed by atoms with Crippen molar-refractivity contribution in [3.8, 4) is 0 Å². The smallest absolute Gasteiger partial charge is 0.328 e. The molecule has 126 valence electrons. The number of carbonyl (C=O) groups excluding carboxylic acids is 2. The summed E-state index contributed by atoms with van der Waals surface area (Å²) in [6, 6.07) is 6.23. The molecule has 0 unspecified atom stereocenters. The van der Waals surface area contributed by atoms with Crippen molar-refractivity contribution in [3.05, 3.63) is 42.0 Å². The van der Waals surface area contributed by atoms with Gasteiger partial charge in [0.1, 0.15) is 12.7 Å². The molecular formula is C16H20N6O2. The minimum Gasteiger partial charge on any atom is -0.368 e. The third-order valence-electron chi connectivity index (χ3n) is 4.33. The van der Waals surface area contributed by atoms with E-state index >= 15 is 0 Å². The Hall–Kier alpha value is -2.90. The van der Waals surface area contributed by atoms with Gasteiger partial charge in [0.25, 0.3) is 0 Å². The SMILES string of the molecule is Cc1cccc(N2CCN(C(=O)C(=O)Nn3cnnc3)CC2)c1C. The predicted molar refractivity (Wildman–Crippen MR) is 89.1 cm³/mol. The van der Waals surface area contributed by atoms with E-state index in [9.17, 15) is 9.59 Å². The summed E-state index contributed by atoms with van der Waals surface area (Å²) >= 11 is 0. The van der Waals surface area contributed by atoms with Crippen molar-refractivity contribution < 1.29 is 9.59 Å². The Labute approximate surface area is 140 Å². The second-order valence-corrected chi connectivity index (χ2v) is 5.81. The number of amides is 2. The van der Waals surface area contributed by atoms with Crippen molar-refractivity contribution in [2.24, 2.45) is 0 Å². The number of carbonyl (C=O) groups is 2. The summed E-state index contributed by atoms with van der Waals surface area (Å²) in [5, 5.41) is 7.15. The lowest BCUT2D eigenvalue weighted by molar-refractivity contribution is -0.143. The highest BCUT2D eigenvalue weighted by Crippen LogP contribution is 2.23. The number of benzene rings is 1. The molecule has 0 atom stereocenters. The van der Waals surface area contributed by atoms with Crippen LogP contribution in [0.3, 0.4) is 0 Å². The number of hydrogen-bond donors (Lipinski definition) is 1. The number of hydrogen-bond acceptors (Lipinski definition) is 5. The molecule has 1 saturated heterocycles. The van der Waals surface area contributed by atoms with Crippen LogP contribution in [0.2, 0.25) is 0 Å². The molecule has 3 rings (SSSR count). The van der Waals surface area contributed by atoms with Gasteiger partial charge in [0.05, 0.1) is 0 Å². The van der Waals surface area contributed by atoms with E-state index in [2.05, 4.69) is 46.5 Å². The summed E-state index contributed by atoms with van der Waals surface area (Å²) in [4.78, 5) is 28.0. The van der Waals surface area contributed by atoms with E-state index in [4.69, 9.17) is 0 Å². The first kappa shape index (κ1) is 16.0. The van der Waals surface area contributed by atoms with E-state index < -0.39 is 11.8 Å². The average molecular weight is 328 g/mol. The van der Waals surface area contributed by atoms with Gasteiger partial charge in [-0.15, -0.1) is 10.2 Å². The van der Waals surface area contributed by atoms with Crippen LogP contribution in [0, 0.1) is 13.8 Å². The van der Waals surface area contributed by atoms with Crippen molar-refractivity contribution in [2.75, 3.05) is 36.5 Å². The van der Waals surface area contributed by atoms with E-state index in [1.807, 2.05) is 6.07 Å². The maximum atomic E-state index is 12.2. The summed E-state index contributed by atoms with van der Waals surface area (Å²) in [5.41, 5.74) is 6.12. The van der Waals surface area contributed by atoms with Crippen molar-refractivity contribution in [2.45, 2.75) is 13.8 Å². The number of piperazine rings is 1. The van der Waals surface area contributed by atoms with Gasteiger partial charge in [0, 0.05) is 31.9 Å². The molecule has 1 aliphatic heterocycles. The molecule has 2 amide bonds. The molecule has 0 radical (unpaired) electrons. The fourth-order valence-electron chi connectivity index (χ4n) is 2.80. The molecule has 1 fully saturated rings. The van der Waals surface area contributed by atoms with E-state index in [-0.39, 0.29) is 0 Å². The van der Waals surface area contributed by atoms with Gasteiger partial charge in [0.2, 0.25) is 0 Å². The second-order valence-electron chi connectivity index (χ2n) is 5.81. The fraction of sp³-hybridized carbons (Fsp3) is 0.375. The Bertz CT molecular complexity index is 735. The maximum absolute atomic E-state index is 12.2. The van der Waals surface area contributed by atoms with Gasteiger partial charge in [0.15, 0.2) is 0 Å². The van der Waals surface area contributed by atoms with Crippen molar-refractivity contribution in [1.29, 1.82) is 0 Å². The van der Waals surface area contributed by atoms with Gasteiger partial charge in [-0.3, -0.25) is 15.0 Å². The molecule has 0 bridgehead atoms. The highest BCUT2D eigenvalue weighted by molar-refractivity contribution is 6.38. The molecule has 8 nitrogen and oxygen atoms in total. The van der Waals surface area contributed by atoms with Gasteiger partial charge >= 0.3 is 11.8 Å². The zero-order valence-corrected chi connectivity index (χ0v) is 13.8. The molecular weight excluding hydrogens is 308 g/mol. The number of rotatable bonds is 2. The predicted octanol–water partition coefficient (Wildman–Crippen LogP) is 0.314. The van der Waals surface area contributed by atoms with Crippen LogP contribution in [0.1, 0.15) is 11.1 Å². The fourth-order valence-corrected chi connectivity index (χ4v) is 2.80. The molecule has 0 aliphatic carbocycles. The number of nitrogens with one attached hydrogen (secondary N) is 1. The molecule has 1 aromatic heterocycles. The first-order valence-electron chi connectivity index (χ1n) is 7.82. The molecule has 24 heavy (non-hydrogen) atoms. The van der Waals surface area contributed by atoms with Gasteiger partial charge in [-0.05, 0) is 31.0 Å². The summed E-state index contributed by atoms with van der Waals surface area (Å²) < 4.78 is 1.26. The van der Waals surface area contributed by atoms with Crippen LogP contribution in [0.5, 0.6) is 0 Å². The summed E-state index contributed by atoms with van der Waals surface area (Å²) in [6.45, 7) is 6.64. The molecule has 8 heteroatoms. The van der Waals surface area contributed by atoms with Crippen LogP contribution in [0.15, 0.2) is 30.9 Å². The van der Waals surface area contributed by atoms with Gasteiger partial charge in [-0.25, -0.2) is 4.68 Å². The first-order chi connectivity index (χ1) is 11.6. The van der Waals surface area contributed by atoms with E-state index in [1.54, 1.807) is 4.90 Å². The van der Waals surface area contributed by atoms with Crippen molar-refractivity contribution >= 4 is 17.5 Å². The normalized spacial score (nSPS) is 14.6. The molecule has 1 aliphatic rings. The van der Waals surface area contributed by atoms with Crippen LogP contribution in [0.25, 0.3) is 0 Å². The highest BCUT2D eigenvalue weighted by Gasteiger charge is 2.26. The number of anilines is 1. The monoisotopic (exact) mass is 328 g/mol. The third-order valence-corrected chi connectivity index (χ3v) is 4.33. The Morgan fingerprint density at radius 1 is 1.04 bits per heavy atom. The first-order valence-corrected chi connectivity index (χ1v) is 7.82. The Morgan fingerprint density at radius 2 is 1.71 bits per heavy atom. The van der Waals surface area contributed by atoms with Crippen LogP contribution >= 0.6 is 0 Å². The Balaban J connectivity index is 1.59. The van der Waals surface area contributed by atoms with Gasteiger partial charge in [-0.1, -0.05) is 12.1 Å². The Kier molecular flexibility index (Phi) is 4.45. The zero-order valence-electron chi connectivity index (χ0n) is 13.8. The van der Waals surface area contributed by atoms with E-state index in [0.29, 0.717) is 26.2 Å². The van der Waals surface area contributed by atoms with Gasteiger partial charge < -0.3 is 9.80 Å². The second kappa shape index (κ2) is 6.69. The number of aromatic nitrogens is 3. The highest BCUT2D eigenvalue weighted by atomic mass is 16.2. The van der Waals surface area contributed by atoms with Crippen LogP contribution in [-0.4, -0.2) is 57.8 Å². The quantitative estimate of drug-likeness (QED) is 0.803. The Morgan fingerprint density at radius 3 is 2.38 bits per heavy atom. The van der Waals surface area contributed by atoms with Crippen LogP contribution in [-0.2, 0) is 9.59 Å². The summed E-state index contributed by atoms with van der Waals surface area (Å²) in [6.07, 6.45) is 2.65. The molecule has 1 N–H and O–H groups in total. The lowest BCUT2D eigenvalue weighted by Gasteiger charge is -2.36. The van der Waals surface area contributed by atoms with Crippen LogP contribution < -0.4 is 10.3 Å². The standard InChI is InChI=1S/C16H20N6O2/c1-12-4-3-5-14(13(12)2)20-6-8-21(9-7-20)16(24)15(23)19-22-10-17-18-11-22/h3-5,10-11H,6-9H2,1-2H3,(H,19,23). The molecule has 0 saturated carbocycles.